The van der Waals surface area contributed by atoms with Gasteiger partial charge in [-0.25, -0.2) is 8.42 Å². The number of benzene rings is 3. The average Bonchev–Trinajstić information content (AvgIpc) is 3.50. The summed E-state index contributed by atoms with van der Waals surface area (Å²) in [7, 11) is -3.69. The topological polar surface area (TPSA) is 105 Å². The summed E-state index contributed by atoms with van der Waals surface area (Å²) in [5.41, 5.74) is 1.86. The van der Waals surface area contributed by atoms with Crippen molar-refractivity contribution in [3.05, 3.63) is 87.9 Å². The van der Waals surface area contributed by atoms with Crippen molar-refractivity contribution in [2.24, 2.45) is 0 Å². The van der Waals surface area contributed by atoms with Crippen LogP contribution in [0.25, 0.3) is 0 Å². The van der Waals surface area contributed by atoms with Crippen LogP contribution in [-0.2, 0) is 32.6 Å². The molecule has 0 unspecified atom stereocenters. The summed E-state index contributed by atoms with van der Waals surface area (Å²) in [6.45, 7) is 0.128. The maximum absolute atomic E-state index is 14.2. The van der Waals surface area contributed by atoms with E-state index in [1.807, 2.05) is 30.3 Å². The van der Waals surface area contributed by atoms with Crippen LogP contribution in [0.5, 0.6) is 11.5 Å². The van der Waals surface area contributed by atoms with Gasteiger partial charge >= 0.3 is 0 Å². The Bertz CT molecular complexity index is 1610. The van der Waals surface area contributed by atoms with Crippen LogP contribution in [0.3, 0.4) is 0 Å². The second kappa shape index (κ2) is 15.4. The Hall–Kier alpha value is -3.47. The van der Waals surface area contributed by atoms with Crippen LogP contribution >= 0.6 is 23.2 Å². The lowest BCUT2D eigenvalue weighted by Gasteiger charge is -2.34. The van der Waals surface area contributed by atoms with Gasteiger partial charge in [-0.1, -0.05) is 78.9 Å². The third kappa shape index (κ3) is 8.66. The number of halogens is 2. The molecule has 2 aliphatic rings. The number of nitrogens with zero attached hydrogens (tertiary/aromatic N) is 2. The Morgan fingerprint density at radius 2 is 1.63 bits per heavy atom. The van der Waals surface area contributed by atoms with E-state index in [0.29, 0.717) is 39.2 Å². The van der Waals surface area contributed by atoms with Gasteiger partial charge in [0, 0.05) is 53.6 Å². The van der Waals surface area contributed by atoms with E-state index in [9.17, 15) is 18.0 Å². The lowest BCUT2D eigenvalue weighted by Crippen LogP contribution is -2.53. The molecule has 0 radical (unpaired) electrons. The molecule has 0 spiro atoms. The predicted molar refractivity (Wildman–Crippen MR) is 180 cm³/mol. The average molecular weight is 689 g/mol. The Morgan fingerprint density at radius 1 is 0.935 bits per heavy atom. The summed E-state index contributed by atoms with van der Waals surface area (Å²) in [5.74, 6) is 0.454. The minimum atomic E-state index is -3.69. The standard InChI is InChI=1S/C34H39Cl2N3O6S/c1-46(42,43)39(26-17-18-31-32(21-26)45-23-44-31)19-9-16-33(40)38(22-27-28(35)14-8-15-29(27)36)30(20-24-10-4-2-5-11-24)34(41)37-25-12-6-3-7-13-25/h2,4-5,8,10-11,14-15,17-18,21,25,30H,3,6-7,9,12-13,16,19-20,22-23H2,1H3,(H,37,41)/t30-/m0/s1. The Kier molecular flexibility index (Phi) is 11.4. The molecule has 46 heavy (non-hydrogen) atoms. The summed E-state index contributed by atoms with van der Waals surface area (Å²) in [6.07, 6.45) is 6.64. The number of carbonyl (C=O) groups is 2. The highest BCUT2D eigenvalue weighted by Crippen LogP contribution is 2.36. The third-order valence-corrected chi connectivity index (χ3v) is 10.3. The molecule has 9 nitrogen and oxygen atoms in total. The lowest BCUT2D eigenvalue weighted by atomic mass is 9.94. The van der Waals surface area contributed by atoms with Crippen molar-refractivity contribution >= 4 is 50.7 Å². The largest absolute Gasteiger partial charge is 0.454 e. The van der Waals surface area contributed by atoms with Crippen molar-refractivity contribution in [1.29, 1.82) is 0 Å². The molecule has 1 aliphatic carbocycles. The third-order valence-electron chi connectivity index (χ3n) is 8.41. The van der Waals surface area contributed by atoms with Gasteiger partial charge in [0.2, 0.25) is 28.6 Å². The molecule has 1 saturated carbocycles. The number of nitrogens with one attached hydrogen (secondary N) is 1. The van der Waals surface area contributed by atoms with Crippen LogP contribution in [0.4, 0.5) is 5.69 Å². The SMILES string of the molecule is CS(=O)(=O)N(CCCC(=O)N(Cc1c(Cl)cccc1Cl)[C@@H](Cc1ccccc1)C(=O)NC1CCCCC1)c1ccc2c(c1)OCO2. The summed E-state index contributed by atoms with van der Waals surface area (Å²) in [6, 6.07) is 18.8. The highest BCUT2D eigenvalue weighted by Gasteiger charge is 2.33. The molecule has 1 aliphatic heterocycles. The first kappa shape index (κ1) is 33.9. The second-order valence-corrected chi connectivity index (χ2v) is 14.5. The second-order valence-electron chi connectivity index (χ2n) is 11.7. The maximum atomic E-state index is 14.2. The van der Waals surface area contributed by atoms with E-state index >= 15 is 0 Å². The number of amides is 2. The molecule has 3 aromatic carbocycles. The first-order valence-electron chi connectivity index (χ1n) is 15.5. The van der Waals surface area contributed by atoms with E-state index in [0.717, 1.165) is 43.9 Å². The monoisotopic (exact) mass is 687 g/mol. The summed E-state index contributed by atoms with van der Waals surface area (Å²) >= 11 is 13.1. The lowest BCUT2D eigenvalue weighted by molar-refractivity contribution is -0.141. The van der Waals surface area contributed by atoms with Crippen molar-refractivity contribution < 1.29 is 27.5 Å². The summed E-state index contributed by atoms with van der Waals surface area (Å²) < 4.78 is 37.7. The van der Waals surface area contributed by atoms with Gasteiger partial charge in [-0.15, -0.1) is 0 Å². The van der Waals surface area contributed by atoms with E-state index in [1.165, 1.54) is 4.31 Å². The molecule has 0 saturated heterocycles. The molecule has 1 heterocycles. The van der Waals surface area contributed by atoms with Crippen LogP contribution < -0.4 is 19.1 Å². The number of hydrogen-bond acceptors (Lipinski definition) is 6. The number of rotatable bonds is 13. The number of fused-ring (bicyclic) bond motifs is 1. The number of ether oxygens (including phenoxy) is 2. The normalized spacial score (nSPS) is 15.3. The number of sulfonamides is 1. The van der Waals surface area contributed by atoms with Gasteiger partial charge in [-0.05, 0) is 49.1 Å². The molecule has 1 fully saturated rings. The van der Waals surface area contributed by atoms with Gasteiger partial charge in [0.15, 0.2) is 11.5 Å². The van der Waals surface area contributed by atoms with Crippen molar-refractivity contribution in [3.8, 4) is 11.5 Å². The molecular weight excluding hydrogens is 649 g/mol. The first-order valence-corrected chi connectivity index (χ1v) is 18.1. The van der Waals surface area contributed by atoms with Crippen molar-refractivity contribution in [1.82, 2.24) is 10.2 Å². The van der Waals surface area contributed by atoms with E-state index in [-0.39, 0.29) is 50.6 Å². The zero-order chi connectivity index (χ0) is 32.7. The Labute approximate surface area is 280 Å². The van der Waals surface area contributed by atoms with Gasteiger partial charge in [-0.2, -0.15) is 0 Å². The number of hydrogen-bond donors (Lipinski definition) is 1. The Balaban J connectivity index is 1.40. The highest BCUT2D eigenvalue weighted by atomic mass is 35.5. The Morgan fingerprint density at radius 3 is 2.33 bits per heavy atom. The number of anilines is 1. The quantitative estimate of drug-likeness (QED) is 0.224. The van der Waals surface area contributed by atoms with Crippen molar-refractivity contribution in [2.45, 2.75) is 70.0 Å². The zero-order valence-corrected chi connectivity index (χ0v) is 28.1. The van der Waals surface area contributed by atoms with E-state index in [1.54, 1.807) is 41.3 Å². The maximum Gasteiger partial charge on any atom is 0.243 e. The highest BCUT2D eigenvalue weighted by molar-refractivity contribution is 7.92. The van der Waals surface area contributed by atoms with E-state index in [2.05, 4.69) is 5.32 Å². The molecular formula is C34H39Cl2N3O6S. The molecule has 0 aromatic heterocycles. The fourth-order valence-corrected chi connectivity index (χ4v) is 7.47. The minimum absolute atomic E-state index is 0.0133. The van der Waals surface area contributed by atoms with Crippen LogP contribution in [-0.4, -0.2) is 56.8 Å². The molecule has 3 aromatic rings. The van der Waals surface area contributed by atoms with Crippen molar-refractivity contribution in [3.63, 3.8) is 0 Å². The van der Waals surface area contributed by atoms with Crippen LogP contribution in [0.15, 0.2) is 66.7 Å². The fraction of sp³-hybridized carbons (Fsp3) is 0.412. The van der Waals surface area contributed by atoms with Crippen LogP contribution in [0, 0.1) is 0 Å². The molecule has 2 amide bonds. The van der Waals surface area contributed by atoms with Crippen LogP contribution in [0.1, 0.15) is 56.1 Å². The van der Waals surface area contributed by atoms with Gasteiger partial charge in [0.1, 0.15) is 6.04 Å². The number of carbonyl (C=O) groups excluding carboxylic acids is 2. The van der Waals surface area contributed by atoms with Gasteiger partial charge in [0.25, 0.3) is 0 Å². The first-order chi connectivity index (χ1) is 22.1. The van der Waals surface area contributed by atoms with E-state index in [4.69, 9.17) is 32.7 Å². The van der Waals surface area contributed by atoms with Crippen LogP contribution in [0.2, 0.25) is 10.0 Å². The van der Waals surface area contributed by atoms with Gasteiger partial charge < -0.3 is 19.7 Å². The molecule has 0 bridgehead atoms. The predicted octanol–water partition coefficient (Wildman–Crippen LogP) is 6.36. The summed E-state index contributed by atoms with van der Waals surface area (Å²) in [5, 5.41) is 4.00. The van der Waals surface area contributed by atoms with E-state index < -0.39 is 16.1 Å². The molecule has 5 rings (SSSR count). The zero-order valence-electron chi connectivity index (χ0n) is 25.8. The fourth-order valence-electron chi connectivity index (χ4n) is 6.00. The molecule has 246 valence electrons. The molecule has 1 N–H and O–H groups in total. The molecule has 12 heteroatoms. The van der Waals surface area contributed by atoms with Gasteiger partial charge in [-0.3, -0.25) is 13.9 Å². The molecule has 1 atom stereocenters. The summed E-state index contributed by atoms with van der Waals surface area (Å²) in [4.78, 5) is 29.8. The smallest absolute Gasteiger partial charge is 0.243 e. The van der Waals surface area contributed by atoms with Crippen molar-refractivity contribution in [2.75, 3.05) is 23.9 Å². The minimum Gasteiger partial charge on any atom is -0.454 e. The van der Waals surface area contributed by atoms with Gasteiger partial charge in [0.05, 0.1) is 11.9 Å².